The lowest BCUT2D eigenvalue weighted by Crippen LogP contribution is -1.97. The number of benzene rings is 1. The zero-order chi connectivity index (χ0) is 9.84. The molecule has 1 aromatic carbocycles. The number of rotatable bonds is 2. The summed E-state index contributed by atoms with van der Waals surface area (Å²) in [6.07, 6.45) is 1.33. The first-order valence-electron chi connectivity index (χ1n) is 3.57. The molecule has 0 heterocycles. The third-order valence-corrected chi connectivity index (χ3v) is 1.63. The molecule has 1 rings (SSSR count). The van der Waals surface area contributed by atoms with Gasteiger partial charge in [0.05, 0.1) is 11.3 Å². The van der Waals surface area contributed by atoms with Gasteiger partial charge < -0.3 is 5.11 Å². The number of carboxylic acid groups (broad SMARTS) is 1. The summed E-state index contributed by atoms with van der Waals surface area (Å²) in [5.41, 5.74) is 0.830. The van der Waals surface area contributed by atoms with Crippen molar-refractivity contribution in [2.45, 2.75) is 6.92 Å². The number of isocyanates is 1. The minimum absolute atomic E-state index is 0.0170. The smallest absolute Gasteiger partial charge is 0.337 e. The Kier molecular flexibility index (Phi) is 2.57. The Labute approximate surface area is 74.5 Å². The maximum atomic E-state index is 10.7. The van der Waals surface area contributed by atoms with Crippen LogP contribution < -0.4 is 0 Å². The highest BCUT2D eigenvalue weighted by atomic mass is 16.4. The number of carbonyl (C=O) groups is 1. The van der Waals surface area contributed by atoms with Crippen molar-refractivity contribution in [3.05, 3.63) is 29.3 Å². The minimum atomic E-state index is -1.10. The summed E-state index contributed by atoms with van der Waals surface area (Å²) < 4.78 is 0. The third kappa shape index (κ3) is 1.80. The number of para-hydroxylation sites is 1. The van der Waals surface area contributed by atoms with Gasteiger partial charge in [0, 0.05) is 0 Å². The molecule has 13 heavy (non-hydrogen) atoms. The van der Waals surface area contributed by atoms with Crippen LogP contribution in [0.5, 0.6) is 0 Å². The summed E-state index contributed by atoms with van der Waals surface area (Å²) in [6.45, 7) is 1.68. The average Bonchev–Trinajstić information content (AvgIpc) is 2.08. The number of nitrogens with zero attached hydrogens (tertiary/aromatic N) is 1. The monoisotopic (exact) mass is 177 g/mol. The predicted octanol–water partition coefficient (Wildman–Crippen LogP) is 1.66. The van der Waals surface area contributed by atoms with Crippen molar-refractivity contribution in [2.24, 2.45) is 4.99 Å². The standard InChI is InChI=1S/C9H7NO3/c1-6-3-2-4-7(9(12)13)8(6)10-5-11/h2-4H,1H3,(H,12,13). The average molecular weight is 177 g/mol. The van der Waals surface area contributed by atoms with Crippen LogP contribution in [0.15, 0.2) is 23.2 Å². The molecule has 0 radical (unpaired) electrons. The second-order valence-electron chi connectivity index (χ2n) is 2.48. The van der Waals surface area contributed by atoms with Gasteiger partial charge in [-0.05, 0) is 18.6 Å². The molecule has 0 saturated carbocycles. The molecule has 0 atom stereocenters. The van der Waals surface area contributed by atoms with Gasteiger partial charge in [0.2, 0.25) is 6.08 Å². The van der Waals surface area contributed by atoms with Crippen molar-refractivity contribution in [3.8, 4) is 0 Å². The van der Waals surface area contributed by atoms with E-state index in [4.69, 9.17) is 5.11 Å². The molecule has 0 aliphatic rings. The SMILES string of the molecule is Cc1cccc(C(=O)O)c1N=C=O. The second kappa shape index (κ2) is 3.65. The van der Waals surface area contributed by atoms with Crippen molar-refractivity contribution in [3.63, 3.8) is 0 Å². The predicted molar refractivity (Wildman–Crippen MR) is 45.9 cm³/mol. The van der Waals surface area contributed by atoms with Gasteiger partial charge in [-0.15, -0.1) is 0 Å². The van der Waals surface area contributed by atoms with Gasteiger partial charge in [-0.1, -0.05) is 12.1 Å². The maximum Gasteiger partial charge on any atom is 0.337 e. The van der Waals surface area contributed by atoms with E-state index in [1.807, 2.05) is 0 Å². The number of hydrogen-bond donors (Lipinski definition) is 1. The summed E-state index contributed by atoms with van der Waals surface area (Å²) >= 11 is 0. The van der Waals surface area contributed by atoms with Crippen LogP contribution in [0.1, 0.15) is 15.9 Å². The summed E-state index contributed by atoms with van der Waals surface area (Å²) in [7, 11) is 0. The van der Waals surface area contributed by atoms with Crippen LogP contribution >= 0.6 is 0 Å². The van der Waals surface area contributed by atoms with Crippen LogP contribution in [0.3, 0.4) is 0 Å². The summed E-state index contributed by atoms with van der Waals surface area (Å²) in [5.74, 6) is -1.10. The molecule has 4 nitrogen and oxygen atoms in total. The molecular weight excluding hydrogens is 170 g/mol. The first kappa shape index (κ1) is 9.16. The van der Waals surface area contributed by atoms with Crippen LogP contribution in [-0.4, -0.2) is 17.2 Å². The minimum Gasteiger partial charge on any atom is -0.478 e. The van der Waals surface area contributed by atoms with Gasteiger partial charge in [0.1, 0.15) is 0 Å². The maximum absolute atomic E-state index is 10.7. The number of aryl methyl sites for hydroxylation is 1. The quantitative estimate of drug-likeness (QED) is 0.551. The number of aromatic carboxylic acids is 1. The highest BCUT2D eigenvalue weighted by Gasteiger charge is 2.10. The van der Waals surface area contributed by atoms with Crippen LogP contribution in [0.4, 0.5) is 5.69 Å². The second-order valence-corrected chi connectivity index (χ2v) is 2.48. The number of carboxylic acids is 1. The van der Waals surface area contributed by atoms with Crippen LogP contribution in [-0.2, 0) is 4.79 Å². The van der Waals surface area contributed by atoms with Crippen LogP contribution in [0, 0.1) is 6.92 Å². The van der Waals surface area contributed by atoms with Crippen molar-refractivity contribution in [2.75, 3.05) is 0 Å². The summed E-state index contributed by atoms with van der Waals surface area (Å²) in [6, 6.07) is 4.68. The lowest BCUT2D eigenvalue weighted by Gasteiger charge is -2.01. The Morgan fingerprint density at radius 2 is 2.23 bits per heavy atom. The summed E-state index contributed by atoms with van der Waals surface area (Å²) in [4.78, 5) is 24.0. The Balaban J connectivity index is 3.42. The number of hydrogen-bond acceptors (Lipinski definition) is 3. The molecule has 1 N–H and O–H groups in total. The fourth-order valence-corrected chi connectivity index (χ4v) is 1.03. The van der Waals surface area contributed by atoms with Crippen LogP contribution in [0.25, 0.3) is 0 Å². The molecule has 0 aliphatic carbocycles. The van der Waals surface area contributed by atoms with Crippen molar-refractivity contribution in [1.29, 1.82) is 0 Å². The van der Waals surface area contributed by atoms with Crippen LogP contribution in [0.2, 0.25) is 0 Å². The van der Waals surface area contributed by atoms with E-state index in [1.165, 1.54) is 12.1 Å². The first-order chi connectivity index (χ1) is 6.16. The molecular formula is C9H7NO3. The number of carbonyl (C=O) groups excluding carboxylic acids is 1. The van der Waals surface area contributed by atoms with Gasteiger partial charge in [-0.2, -0.15) is 4.99 Å². The molecule has 66 valence electrons. The van der Waals surface area contributed by atoms with E-state index < -0.39 is 5.97 Å². The highest BCUT2D eigenvalue weighted by molar-refractivity contribution is 5.94. The molecule has 0 aromatic heterocycles. The lowest BCUT2D eigenvalue weighted by atomic mass is 10.1. The van der Waals surface area contributed by atoms with E-state index >= 15 is 0 Å². The Bertz CT molecular complexity index is 392. The third-order valence-electron chi connectivity index (χ3n) is 1.63. The van der Waals surface area contributed by atoms with E-state index in [2.05, 4.69) is 4.99 Å². The van der Waals surface area contributed by atoms with Crippen molar-refractivity contribution in [1.82, 2.24) is 0 Å². The van der Waals surface area contributed by atoms with E-state index in [0.717, 1.165) is 0 Å². The zero-order valence-electron chi connectivity index (χ0n) is 6.94. The molecule has 0 amide bonds. The largest absolute Gasteiger partial charge is 0.478 e. The topological polar surface area (TPSA) is 66.7 Å². The van der Waals surface area contributed by atoms with E-state index in [0.29, 0.717) is 5.56 Å². The lowest BCUT2D eigenvalue weighted by molar-refractivity contribution is 0.0698. The molecule has 0 aliphatic heterocycles. The van der Waals surface area contributed by atoms with Crippen molar-refractivity contribution >= 4 is 17.7 Å². The fraction of sp³-hybridized carbons (Fsp3) is 0.111. The molecule has 0 unspecified atom stereocenters. The van der Waals surface area contributed by atoms with Gasteiger partial charge in [-0.3, -0.25) is 0 Å². The Morgan fingerprint density at radius 3 is 2.77 bits per heavy atom. The fourth-order valence-electron chi connectivity index (χ4n) is 1.03. The first-order valence-corrected chi connectivity index (χ1v) is 3.57. The number of aliphatic imine (C=N–C) groups is 1. The highest BCUT2D eigenvalue weighted by Crippen LogP contribution is 2.22. The van der Waals surface area contributed by atoms with Gasteiger partial charge in [0.25, 0.3) is 0 Å². The van der Waals surface area contributed by atoms with Gasteiger partial charge >= 0.3 is 5.97 Å². The van der Waals surface area contributed by atoms with Gasteiger partial charge in [0.15, 0.2) is 0 Å². The van der Waals surface area contributed by atoms with Crippen molar-refractivity contribution < 1.29 is 14.7 Å². The molecule has 0 spiro atoms. The molecule has 0 bridgehead atoms. The van der Waals surface area contributed by atoms with E-state index in [-0.39, 0.29) is 11.3 Å². The van der Waals surface area contributed by atoms with E-state index in [1.54, 1.807) is 19.1 Å². The molecule has 0 fully saturated rings. The Hall–Kier alpha value is -1.93. The van der Waals surface area contributed by atoms with E-state index in [9.17, 15) is 9.59 Å². The zero-order valence-corrected chi connectivity index (χ0v) is 6.94. The van der Waals surface area contributed by atoms with Gasteiger partial charge in [-0.25, -0.2) is 9.59 Å². The molecule has 1 aromatic rings. The Morgan fingerprint density at radius 1 is 1.54 bits per heavy atom. The molecule has 0 saturated heterocycles. The molecule has 4 heteroatoms. The normalized spacial score (nSPS) is 9.00. The summed E-state index contributed by atoms with van der Waals surface area (Å²) in [5, 5.41) is 8.73.